The van der Waals surface area contributed by atoms with E-state index in [1.54, 1.807) is 0 Å². The first-order chi connectivity index (χ1) is 8.38. The summed E-state index contributed by atoms with van der Waals surface area (Å²) in [5, 5.41) is 12.2. The van der Waals surface area contributed by atoms with Crippen molar-refractivity contribution in [3.05, 3.63) is 28.8 Å². The van der Waals surface area contributed by atoms with Gasteiger partial charge in [-0.25, -0.2) is 0 Å². The highest BCUT2D eigenvalue weighted by atomic mass is 35.5. The maximum Gasteiger partial charge on any atom is 0.417 e. The summed E-state index contributed by atoms with van der Waals surface area (Å²) in [6, 6.07) is 3.50. The molecule has 1 fully saturated rings. The number of nitrogens with one attached hydrogen (secondary N) is 1. The lowest BCUT2D eigenvalue weighted by Gasteiger charge is -2.19. The van der Waals surface area contributed by atoms with Crippen molar-refractivity contribution in [1.29, 1.82) is 0 Å². The number of anilines is 1. The van der Waals surface area contributed by atoms with E-state index >= 15 is 0 Å². The van der Waals surface area contributed by atoms with Crippen LogP contribution in [0.2, 0.25) is 5.02 Å². The monoisotopic (exact) mass is 279 g/mol. The van der Waals surface area contributed by atoms with Gasteiger partial charge in [0.1, 0.15) is 0 Å². The Morgan fingerprint density at radius 1 is 1.28 bits per heavy atom. The Hall–Kier alpha value is -0.940. The quantitative estimate of drug-likeness (QED) is 0.865. The summed E-state index contributed by atoms with van der Waals surface area (Å²) in [4.78, 5) is 0. The van der Waals surface area contributed by atoms with Crippen LogP contribution in [0.5, 0.6) is 0 Å². The number of aliphatic hydroxyl groups is 1. The van der Waals surface area contributed by atoms with Crippen LogP contribution in [0, 0.1) is 0 Å². The van der Waals surface area contributed by atoms with Crippen LogP contribution in [-0.4, -0.2) is 17.3 Å². The average Bonchev–Trinajstić information content (AvgIpc) is 2.66. The third-order valence-electron chi connectivity index (χ3n) is 3.10. The van der Waals surface area contributed by atoms with E-state index < -0.39 is 17.8 Å². The first-order valence-electron chi connectivity index (χ1n) is 5.69. The third-order valence-corrected chi connectivity index (χ3v) is 3.43. The Bertz CT molecular complexity index is 436. The summed E-state index contributed by atoms with van der Waals surface area (Å²) in [5.41, 5.74) is -0.528. The average molecular weight is 280 g/mol. The number of hydrogen-bond donors (Lipinski definition) is 2. The molecule has 1 aromatic carbocycles. The molecule has 1 aliphatic rings. The summed E-state index contributed by atoms with van der Waals surface area (Å²) in [7, 11) is 0. The Kier molecular flexibility index (Phi) is 3.73. The summed E-state index contributed by atoms with van der Waals surface area (Å²) >= 11 is 5.53. The van der Waals surface area contributed by atoms with Crippen LogP contribution in [0.1, 0.15) is 24.8 Å². The van der Waals surface area contributed by atoms with Gasteiger partial charge in [0.25, 0.3) is 0 Å². The van der Waals surface area contributed by atoms with Crippen molar-refractivity contribution >= 4 is 17.3 Å². The minimum absolute atomic E-state index is 0.188. The fraction of sp³-hybridized carbons (Fsp3) is 0.500. The molecular weight excluding hydrogens is 267 g/mol. The van der Waals surface area contributed by atoms with Gasteiger partial charge in [0, 0.05) is 5.69 Å². The van der Waals surface area contributed by atoms with E-state index in [2.05, 4.69) is 5.32 Å². The van der Waals surface area contributed by atoms with Crippen LogP contribution in [0.3, 0.4) is 0 Å². The molecule has 0 heterocycles. The second kappa shape index (κ2) is 4.97. The van der Waals surface area contributed by atoms with Crippen molar-refractivity contribution in [3.63, 3.8) is 0 Å². The molecular formula is C12H13ClF3NO. The molecule has 0 amide bonds. The van der Waals surface area contributed by atoms with Crippen LogP contribution >= 0.6 is 11.6 Å². The first kappa shape index (κ1) is 13.5. The van der Waals surface area contributed by atoms with Crippen LogP contribution in [-0.2, 0) is 6.18 Å². The molecule has 0 bridgehead atoms. The number of hydrogen-bond acceptors (Lipinski definition) is 2. The molecule has 100 valence electrons. The SMILES string of the molecule is O[C@H]1CCC[C@@H]1Nc1ccc(Cl)c(C(F)(F)F)c1. The normalized spacial score (nSPS) is 24.3. The molecule has 0 unspecified atom stereocenters. The van der Waals surface area contributed by atoms with Gasteiger partial charge in [-0.05, 0) is 37.5 Å². The van der Waals surface area contributed by atoms with E-state index in [1.165, 1.54) is 12.1 Å². The Labute approximate surface area is 108 Å². The lowest BCUT2D eigenvalue weighted by atomic mass is 10.1. The highest BCUT2D eigenvalue weighted by Gasteiger charge is 2.34. The summed E-state index contributed by atoms with van der Waals surface area (Å²) in [5.74, 6) is 0. The van der Waals surface area contributed by atoms with Gasteiger partial charge in [0.05, 0.1) is 22.7 Å². The fourth-order valence-electron chi connectivity index (χ4n) is 2.16. The molecule has 2 nitrogen and oxygen atoms in total. The molecule has 18 heavy (non-hydrogen) atoms. The molecule has 0 spiro atoms. The summed E-state index contributed by atoms with van der Waals surface area (Å²) < 4.78 is 38.0. The van der Waals surface area contributed by atoms with E-state index in [4.69, 9.17) is 11.6 Å². The van der Waals surface area contributed by atoms with Gasteiger partial charge < -0.3 is 10.4 Å². The zero-order chi connectivity index (χ0) is 13.3. The molecule has 2 atom stereocenters. The number of aliphatic hydroxyl groups excluding tert-OH is 1. The maximum atomic E-state index is 12.7. The van der Waals surface area contributed by atoms with Crippen molar-refractivity contribution in [2.24, 2.45) is 0 Å². The topological polar surface area (TPSA) is 32.3 Å². The standard InChI is InChI=1S/C12H13ClF3NO/c13-9-5-4-7(6-8(9)12(14,15)16)17-10-2-1-3-11(10)18/h4-6,10-11,17-18H,1-3H2/t10-,11-/m0/s1. The van der Waals surface area contributed by atoms with E-state index in [9.17, 15) is 18.3 Å². The number of rotatable bonds is 2. The largest absolute Gasteiger partial charge is 0.417 e. The summed E-state index contributed by atoms with van der Waals surface area (Å²) in [6.07, 6.45) is -2.67. The molecule has 0 saturated heterocycles. The predicted octanol–water partition coefficient (Wildman–Crippen LogP) is 3.68. The van der Waals surface area contributed by atoms with E-state index in [0.717, 1.165) is 18.9 Å². The lowest BCUT2D eigenvalue weighted by molar-refractivity contribution is -0.137. The van der Waals surface area contributed by atoms with E-state index in [1.807, 2.05) is 0 Å². The molecule has 0 aromatic heterocycles. The van der Waals surface area contributed by atoms with Crippen molar-refractivity contribution in [2.75, 3.05) is 5.32 Å². The van der Waals surface area contributed by atoms with Gasteiger partial charge in [0.15, 0.2) is 0 Å². The van der Waals surface area contributed by atoms with Crippen LogP contribution < -0.4 is 5.32 Å². The first-order valence-corrected chi connectivity index (χ1v) is 6.07. The number of benzene rings is 1. The van der Waals surface area contributed by atoms with Crippen molar-refractivity contribution < 1.29 is 18.3 Å². The zero-order valence-corrected chi connectivity index (χ0v) is 10.2. The fourth-order valence-corrected chi connectivity index (χ4v) is 2.38. The zero-order valence-electron chi connectivity index (χ0n) is 9.47. The van der Waals surface area contributed by atoms with Gasteiger partial charge in [-0.1, -0.05) is 11.6 Å². The predicted molar refractivity (Wildman–Crippen MR) is 63.7 cm³/mol. The number of halogens is 4. The second-order valence-corrected chi connectivity index (χ2v) is 4.85. The van der Waals surface area contributed by atoms with Gasteiger partial charge in [-0.15, -0.1) is 0 Å². The van der Waals surface area contributed by atoms with Crippen molar-refractivity contribution in [3.8, 4) is 0 Å². The van der Waals surface area contributed by atoms with Gasteiger partial charge in [-0.2, -0.15) is 13.2 Å². The van der Waals surface area contributed by atoms with E-state index in [-0.39, 0.29) is 11.1 Å². The highest BCUT2D eigenvalue weighted by molar-refractivity contribution is 6.31. The van der Waals surface area contributed by atoms with Crippen LogP contribution in [0.15, 0.2) is 18.2 Å². The van der Waals surface area contributed by atoms with Gasteiger partial charge in [-0.3, -0.25) is 0 Å². The molecule has 1 aromatic rings. The van der Waals surface area contributed by atoms with Gasteiger partial charge >= 0.3 is 6.18 Å². The molecule has 2 N–H and O–H groups in total. The Morgan fingerprint density at radius 2 is 2.00 bits per heavy atom. The van der Waals surface area contributed by atoms with Crippen LogP contribution in [0.25, 0.3) is 0 Å². The van der Waals surface area contributed by atoms with Crippen molar-refractivity contribution in [1.82, 2.24) is 0 Å². The minimum Gasteiger partial charge on any atom is -0.391 e. The molecule has 0 aliphatic heterocycles. The molecule has 0 radical (unpaired) electrons. The molecule has 2 rings (SSSR count). The highest BCUT2D eigenvalue weighted by Crippen LogP contribution is 2.36. The lowest BCUT2D eigenvalue weighted by Crippen LogP contribution is -2.28. The second-order valence-electron chi connectivity index (χ2n) is 4.44. The molecule has 1 saturated carbocycles. The Morgan fingerprint density at radius 3 is 2.56 bits per heavy atom. The molecule has 1 aliphatic carbocycles. The third kappa shape index (κ3) is 2.90. The van der Waals surface area contributed by atoms with Crippen molar-refractivity contribution in [2.45, 2.75) is 37.6 Å². The van der Waals surface area contributed by atoms with Gasteiger partial charge in [0.2, 0.25) is 0 Å². The summed E-state index contributed by atoms with van der Waals surface area (Å²) in [6.45, 7) is 0. The number of alkyl halides is 3. The Balaban J connectivity index is 2.19. The minimum atomic E-state index is -4.47. The molecule has 6 heteroatoms. The van der Waals surface area contributed by atoms with E-state index in [0.29, 0.717) is 12.1 Å². The maximum absolute atomic E-state index is 12.7. The van der Waals surface area contributed by atoms with Crippen LogP contribution in [0.4, 0.5) is 18.9 Å². The smallest absolute Gasteiger partial charge is 0.391 e.